The van der Waals surface area contributed by atoms with E-state index >= 15 is 0 Å². The van der Waals surface area contributed by atoms with Crippen LogP contribution in [0.1, 0.15) is 32.6 Å². The number of amides is 4. The number of hydrogen-bond acceptors (Lipinski definition) is 3. The van der Waals surface area contributed by atoms with Crippen molar-refractivity contribution in [3.8, 4) is 0 Å². The molecular formula is C12H16N2O3. The second-order valence-electron chi connectivity index (χ2n) is 4.72. The maximum absolute atomic E-state index is 12.2. The van der Waals surface area contributed by atoms with Crippen LogP contribution in [0.25, 0.3) is 0 Å². The Labute approximate surface area is 99.8 Å². The highest BCUT2D eigenvalue weighted by atomic mass is 16.2. The first-order chi connectivity index (χ1) is 7.98. The predicted molar refractivity (Wildman–Crippen MR) is 61.0 cm³/mol. The number of hydrogen-bond donors (Lipinski definition) is 1. The number of nitrogens with one attached hydrogen (secondary N) is 1. The molecule has 1 aliphatic heterocycles. The minimum Gasteiger partial charge on any atom is -0.276 e. The van der Waals surface area contributed by atoms with E-state index in [0.29, 0.717) is 0 Å². The van der Waals surface area contributed by atoms with Crippen LogP contribution in [0.15, 0.2) is 11.6 Å². The molecule has 1 N–H and O–H groups in total. The number of carbonyl (C=O) groups excluding carboxylic acids is 3. The molecule has 1 aliphatic carbocycles. The number of nitrogens with zero attached hydrogens (tertiary/aromatic N) is 1. The molecule has 2 rings (SSSR count). The van der Waals surface area contributed by atoms with Gasteiger partial charge in [0, 0.05) is 7.05 Å². The Bertz CT molecular complexity index is 427. The van der Waals surface area contributed by atoms with Crippen molar-refractivity contribution < 1.29 is 14.4 Å². The van der Waals surface area contributed by atoms with Crippen LogP contribution in [0.4, 0.5) is 4.79 Å². The number of rotatable bonds is 1. The van der Waals surface area contributed by atoms with Crippen LogP contribution in [-0.4, -0.2) is 29.8 Å². The van der Waals surface area contributed by atoms with Crippen LogP contribution in [-0.2, 0) is 9.59 Å². The summed E-state index contributed by atoms with van der Waals surface area (Å²) in [5.74, 6) is -0.932. The molecule has 1 heterocycles. The molecule has 0 aromatic carbocycles. The van der Waals surface area contributed by atoms with E-state index in [1.54, 1.807) is 6.92 Å². The Morgan fingerprint density at radius 1 is 1.29 bits per heavy atom. The summed E-state index contributed by atoms with van der Waals surface area (Å²) in [6, 6.07) is -0.645. The lowest BCUT2D eigenvalue weighted by molar-refractivity contribution is -0.146. The Hall–Kier alpha value is -1.65. The van der Waals surface area contributed by atoms with Crippen LogP contribution >= 0.6 is 0 Å². The summed E-state index contributed by atoms with van der Waals surface area (Å²) < 4.78 is 0. The highest BCUT2D eigenvalue weighted by Crippen LogP contribution is 2.37. The van der Waals surface area contributed by atoms with E-state index in [1.165, 1.54) is 7.05 Å². The maximum atomic E-state index is 12.2. The summed E-state index contributed by atoms with van der Waals surface area (Å²) in [5.41, 5.74) is -0.367. The molecule has 0 radical (unpaired) electrons. The second-order valence-corrected chi connectivity index (χ2v) is 4.72. The Morgan fingerprint density at radius 3 is 2.59 bits per heavy atom. The van der Waals surface area contributed by atoms with E-state index in [0.717, 1.165) is 36.2 Å². The molecule has 5 nitrogen and oxygen atoms in total. The molecule has 4 amide bonds. The fourth-order valence-electron chi connectivity index (χ4n) is 2.41. The number of carbonyl (C=O) groups is 3. The summed E-state index contributed by atoms with van der Waals surface area (Å²) in [5, 5.41) is 2.23. The smallest absolute Gasteiger partial charge is 0.276 e. The molecule has 5 heteroatoms. The van der Waals surface area contributed by atoms with Crippen molar-refractivity contribution in [2.75, 3.05) is 7.05 Å². The van der Waals surface area contributed by atoms with Crippen molar-refractivity contribution in [1.29, 1.82) is 0 Å². The van der Waals surface area contributed by atoms with E-state index < -0.39 is 23.3 Å². The van der Waals surface area contributed by atoms with Gasteiger partial charge in [-0.05, 0) is 38.2 Å². The fraction of sp³-hybridized carbons (Fsp3) is 0.583. The van der Waals surface area contributed by atoms with Gasteiger partial charge in [-0.1, -0.05) is 6.08 Å². The van der Waals surface area contributed by atoms with Gasteiger partial charge >= 0.3 is 6.03 Å². The Morgan fingerprint density at radius 2 is 2.00 bits per heavy atom. The van der Waals surface area contributed by atoms with E-state index in [4.69, 9.17) is 0 Å². The summed E-state index contributed by atoms with van der Waals surface area (Å²) in [6.07, 6.45) is 5.68. The van der Waals surface area contributed by atoms with Crippen molar-refractivity contribution in [3.63, 3.8) is 0 Å². The standard InChI is InChI=1S/C12H16N2O3/c1-12(8-6-4-3-5-7-8)9(15)13-11(17)14(2)10(12)16/h6H,3-5,7H2,1-2H3,(H,13,15,17)/t12-/m1/s1. The number of imide groups is 2. The number of urea groups is 1. The van der Waals surface area contributed by atoms with Crippen molar-refractivity contribution in [2.24, 2.45) is 5.41 Å². The van der Waals surface area contributed by atoms with Gasteiger partial charge in [0.15, 0.2) is 0 Å². The van der Waals surface area contributed by atoms with E-state index in [1.807, 2.05) is 6.08 Å². The molecule has 17 heavy (non-hydrogen) atoms. The van der Waals surface area contributed by atoms with E-state index in [9.17, 15) is 14.4 Å². The molecule has 0 spiro atoms. The average molecular weight is 236 g/mol. The highest BCUT2D eigenvalue weighted by Gasteiger charge is 2.51. The van der Waals surface area contributed by atoms with Crippen LogP contribution in [0.2, 0.25) is 0 Å². The first kappa shape index (κ1) is 11.8. The van der Waals surface area contributed by atoms with E-state index in [-0.39, 0.29) is 0 Å². The van der Waals surface area contributed by atoms with Crippen LogP contribution in [0, 0.1) is 5.41 Å². The molecule has 0 bridgehead atoms. The molecule has 0 unspecified atom stereocenters. The van der Waals surface area contributed by atoms with Crippen molar-refractivity contribution >= 4 is 17.8 Å². The Balaban J connectivity index is 2.40. The third-order valence-electron chi connectivity index (χ3n) is 3.64. The van der Waals surface area contributed by atoms with Crippen LogP contribution in [0.5, 0.6) is 0 Å². The molecule has 92 valence electrons. The first-order valence-corrected chi connectivity index (χ1v) is 5.81. The lowest BCUT2D eigenvalue weighted by Gasteiger charge is -2.37. The summed E-state index contributed by atoms with van der Waals surface area (Å²) in [7, 11) is 1.39. The van der Waals surface area contributed by atoms with Gasteiger partial charge in [-0.15, -0.1) is 0 Å². The van der Waals surface area contributed by atoms with Gasteiger partial charge in [0.1, 0.15) is 5.41 Å². The molecule has 0 saturated carbocycles. The molecule has 1 atom stereocenters. The topological polar surface area (TPSA) is 66.5 Å². The summed E-state index contributed by atoms with van der Waals surface area (Å²) in [4.78, 5) is 36.5. The molecular weight excluding hydrogens is 220 g/mol. The third kappa shape index (κ3) is 1.66. The minimum absolute atomic E-state index is 0.431. The van der Waals surface area contributed by atoms with Gasteiger partial charge in [0.25, 0.3) is 0 Å². The third-order valence-corrected chi connectivity index (χ3v) is 3.64. The zero-order chi connectivity index (χ0) is 12.6. The molecule has 2 aliphatic rings. The lowest BCUT2D eigenvalue weighted by atomic mass is 9.74. The molecule has 1 saturated heterocycles. The number of allylic oxidation sites excluding steroid dienone is 1. The molecule has 1 fully saturated rings. The van der Waals surface area contributed by atoms with Crippen LogP contribution < -0.4 is 5.32 Å². The highest BCUT2D eigenvalue weighted by molar-refractivity contribution is 6.20. The second kappa shape index (κ2) is 3.98. The van der Waals surface area contributed by atoms with Gasteiger partial charge in [-0.3, -0.25) is 19.8 Å². The summed E-state index contributed by atoms with van der Waals surface area (Å²) in [6.45, 7) is 1.60. The van der Waals surface area contributed by atoms with Crippen molar-refractivity contribution in [3.05, 3.63) is 11.6 Å². The predicted octanol–water partition coefficient (Wildman–Crippen LogP) is 1.20. The van der Waals surface area contributed by atoms with Crippen LogP contribution in [0.3, 0.4) is 0 Å². The number of barbiturate groups is 1. The monoisotopic (exact) mass is 236 g/mol. The summed E-state index contributed by atoms with van der Waals surface area (Å²) >= 11 is 0. The van der Waals surface area contributed by atoms with Gasteiger partial charge in [-0.25, -0.2) is 4.79 Å². The quantitative estimate of drug-likeness (QED) is 0.549. The van der Waals surface area contributed by atoms with Gasteiger partial charge < -0.3 is 0 Å². The van der Waals surface area contributed by atoms with E-state index in [2.05, 4.69) is 5.32 Å². The lowest BCUT2D eigenvalue weighted by Crippen LogP contribution is -2.62. The van der Waals surface area contributed by atoms with Gasteiger partial charge in [0.05, 0.1) is 0 Å². The SMILES string of the molecule is CN1C(=O)NC(=O)[C@@](C)(C2=CCCCC2)C1=O. The minimum atomic E-state index is -1.21. The first-order valence-electron chi connectivity index (χ1n) is 5.81. The van der Waals surface area contributed by atoms with Gasteiger partial charge in [-0.2, -0.15) is 0 Å². The zero-order valence-corrected chi connectivity index (χ0v) is 10.1. The largest absolute Gasteiger partial charge is 0.330 e. The molecule has 0 aromatic heterocycles. The van der Waals surface area contributed by atoms with Crippen molar-refractivity contribution in [2.45, 2.75) is 32.6 Å². The van der Waals surface area contributed by atoms with Gasteiger partial charge in [0.2, 0.25) is 11.8 Å². The molecule has 0 aromatic rings. The maximum Gasteiger partial charge on any atom is 0.330 e. The normalized spacial score (nSPS) is 30.1. The zero-order valence-electron chi connectivity index (χ0n) is 10.1. The Kier molecular flexibility index (Phi) is 2.77. The average Bonchev–Trinajstić information content (AvgIpc) is 2.35. The fourth-order valence-corrected chi connectivity index (χ4v) is 2.41. The van der Waals surface area contributed by atoms with Crippen molar-refractivity contribution in [1.82, 2.24) is 10.2 Å².